The summed E-state index contributed by atoms with van der Waals surface area (Å²) in [7, 11) is 0. The van der Waals surface area contributed by atoms with Crippen molar-refractivity contribution in [1.29, 1.82) is 0 Å². The molecule has 0 saturated carbocycles. The van der Waals surface area contributed by atoms with E-state index in [9.17, 15) is 24.0 Å². The van der Waals surface area contributed by atoms with Gasteiger partial charge in [-0.25, -0.2) is 34.3 Å². The Labute approximate surface area is 294 Å². The Morgan fingerprint density at radius 1 is 0.980 bits per heavy atom. The van der Waals surface area contributed by atoms with Crippen molar-refractivity contribution in [3.8, 4) is 0 Å². The number of amides is 1. The molecule has 1 heterocycles. The molecule has 1 saturated heterocycles. The molecule has 1 rings (SSSR count). The number of alkyl carbamates (subject to hydrolysis) is 1. The van der Waals surface area contributed by atoms with Crippen LogP contribution in [-0.4, -0.2) is 104 Å². The van der Waals surface area contributed by atoms with Crippen molar-refractivity contribution < 1.29 is 52.4 Å². The second kappa shape index (κ2) is 27.6. The Kier molecular flexibility index (Phi) is 24.2. The number of esters is 2. The molecule has 2 atom stereocenters. The normalized spacial score (nSPS) is 15.1. The van der Waals surface area contributed by atoms with Crippen molar-refractivity contribution >= 4 is 36.6 Å². The summed E-state index contributed by atoms with van der Waals surface area (Å²) in [6.07, 6.45) is 12.3. The number of hydrogen-bond acceptors (Lipinski definition) is 14. The predicted molar refractivity (Wildman–Crippen MR) is 183 cm³/mol. The van der Waals surface area contributed by atoms with Crippen molar-refractivity contribution in [2.24, 2.45) is 9.98 Å². The monoisotopic (exact) mass is 707 g/mol. The maximum atomic E-state index is 12.4. The molecule has 0 aromatic rings. The molecule has 0 aromatic carbocycles. The maximum absolute atomic E-state index is 12.4. The third kappa shape index (κ3) is 21.0. The Morgan fingerprint density at radius 3 is 2.32 bits per heavy atom. The Bertz CT molecular complexity index is 1170. The van der Waals surface area contributed by atoms with E-state index < -0.39 is 30.3 Å². The first kappa shape index (κ1) is 43.8. The zero-order valence-corrected chi connectivity index (χ0v) is 29.8. The molecule has 50 heavy (non-hydrogen) atoms. The van der Waals surface area contributed by atoms with Gasteiger partial charge in [-0.3, -0.25) is 0 Å². The van der Waals surface area contributed by atoms with Crippen LogP contribution in [-0.2, 0) is 43.1 Å². The van der Waals surface area contributed by atoms with Crippen LogP contribution in [0.3, 0.4) is 0 Å². The number of hydroxylamine groups is 2. The minimum atomic E-state index is -1.02. The van der Waals surface area contributed by atoms with Gasteiger partial charge in [0.05, 0.1) is 6.54 Å². The molecular formula is C34H55N6O10+. The lowest BCUT2D eigenvalue weighted by Crippen LogP contribution is -2.42. The highest BCUT2D eigenvalue weighted by Crippen LogP contribution is 2.11. The summed E-state index contributed by atoms with van der Waals surface area (Å²) in [4.78, 5) is 77.5. The topological polar surface area (TPSA) is 187 Å². The molecule has 0 radical (unpaired) electrons. The van der Waals surface area contributed by atoms with Gasteiger partial charge in [-0.05, 0) is 57.6 Å². The number of rotatable bonds is 26. The lowest BCUT2D eigenvalue weighted by Gasteiger charge is -2.20. The molecule has 16 nitrogen and oxygen atoms in total. The minimum absolute atomic E-state index is 0.0783. The molecule has 0 aromatic heterocycles. The highest BCUT2D eigenvalue weighted by atomic mass is 16.9. The zero-order valence-electron chi connectivity index (χ0n) is 29.8. The molecule has 0 spiro atoms. The first-order chi connectivity index (χ1) is 24.1. The van der Waals surface area contributed by atoms with Crippen LogP contribution in [0.2, 0.25) is 0 Å². The largest absolute Gasteiger partial charge is 0.458 e. The van der Waals surface area contributed by atoms with Crippen LogP contribution >= 0.6 is 0 Å². The molecule has 280 valence electrons. The summed E-state index contributed by atoms with van der Waals surface area (Å²) in [5.41, 5.74) is 0.349. The summed E-state index contributed by atoms with van der Waals surface area (Å²) < 4.78 is 17.0. The van der Waals surface area contributed by atoms with Gasteiger partial charge in [-0.1, -0.05) is 45.8 Å². The fourth-order valence-corrected chi connectivity index (χ4v) is 4.55. The van der Waals surface area contributed by atoms with E-state index in [4.69, 9.17) is 23.9 Å². The number of nitrogens with zero attached hydrogens (tertiary/aromatic N) is 4. The zero-order chi connectivity index (χ0) is 37.0. The van der Waals surface area contributed by atoms with Crippen LogP contribution in [0.25, 0.3) is 0 Å². The Morgan fingerprint density at radius 2 is 1.68 bits per heavy atom. The summed E-state index contributed by atoms with van der Waals surface area (Å²) >= 11 is 0. The van der Waals surface area contributed by atoms with Crippen molar-refractivity contribution in [3.63, 3.8) is 0 Å². The lowest BCUT2D eigenvalue weighted by molar-refractivity contribution is -0.570. The van der Waals surface area contributed by atoms with Crippen molar-refractivity contribution in [2.75, 3.05) is 39.6 Å². The van der Waals surface area contributed by atoms with E-state index in [1.165, 1.54) is 25.5 Å². The van der Waals surface area contributed by atoms with E-state index in [1.54, 1.807) is 10.7 Å². The first-order valence-electron chi connectivity index (χ1n) is 17.2. The van der Waals surface area contributed by atoms with Crippen LogP contribution in [0, 0.1) is 0 Å². The van der Waals surface area contributed by atoms with Gasteiger partial charge in [0.25, 0.3) is 0 Å². The van der Waals surface area contributed by atoms with Gasteiger partial charge in [0, 0.05) is 30.5 Å². The Hall–Kier alpha value is -4.20. The highest BCUT2D eigenvalue weighted by molar-refractivity contribution is 5.87. The summed E-state index contributed by atoms with van der Waals surface area (Å²) in [5, 5.41) is 7.15. The molecule has 0 aliphatic carbocycles. The molecule has 16 heteroatoms. The Balaban J connectivity index is 2.58. The van der Waals surface area contributed by atoms with Crippen LogP contribution in [0.1, 0.15) is 97.8 Å². The summed E-state index contributed by atoms with van der Waals surface area (Å²) in [6, 6.07) is 0. The standard InChI is InChI=1S/C34H54N6O10/c1-6-7-11-16-30(36-23-41)37-24-48-40(49-25-38-31-17-12-10-14-19-39(31)26-42)20-15-9-8-13-18-35-34(45)50-29(21-46-32(43)27(2)3)22-47-33(44)28(4)5/h24,29-31,38H,2,4,6-22,25H2,1,3,5H3/p+1. The van der Waals surface area contributed by atoms with Crippen LogP contribution in [0.15, 0.2) is 34.3 Å². The number of isocyanates is 2. The first-order valence-corrected chi connectivity index (χ1v) is 17.2. The SMILES string of the molecule is C=C(C)C(=O)OCC(COC(=O)C(=C)C)OC(=O)NCCCCCCN(OC=NC(CCCCC)N=C=O)OCNC1CCCCC[N+]1=C=O. The predicted octanol–water partition coefficient (Wildman–Crippen LogP) is 4.11. The highest BCUT2D eigenvalue weighted by Gasteiger charge is 2.24. The van der Waals surface area contributed by atoms with Gasteiger partial charge in [0.2, 0.25) is 18.6 Å². The smallest absolute Gasteiger partial charge is 0.425 e. The van der Waals surface area contributed by atoms with E-state index in [2.05, 4.69) is 40.7 Å². The van der Waals surface area contributed by atoms with E-state index >= 15 is 0 Å². The maximum Gasteiger partial charge on any atom is 0.425 e. The fourth-order valence-electron chi connectivity index (χ4n) is 4.55. The number of carbonyl (C=O) groups is 3. The number of ether oxygens (including phenoxy) is 3. The number of nitrogens with one attached hydrogen (secondary N) is 2. The van der Waals surface area contributed by atoms with Crippen LogP contribution in [0.4, 0.5) is 4.79 Å². The second-order valence-corrected chi connectivity index (χ2v) is 11.9. The van der Waals surface area contributed by atoms with E-state index in [1.807, 2.05) is 6.08 Å². The third-order valence-electron chi connectivity index (χ3n) is 7.37. The molecular weight excluding hydrogens is 652 g/mol. The van der Waals surface area contributed by atoms with Gasteiger partial charge >= 0.3 is 24.1 Å². The van der Waals surface area contributed by atoms with Crippen LogP contribution < -0.4 is 10.6 Å². The molecule has 1 fully saturated rings. The number of unbranched alkanes of at least 4 members (excludes halogenated alkanes) is 5. The van der Waals surface area contributed by atoms with Crippen molar-refractivity contribution in [3.05, 3.63) is 24.3 Å². The van der Waals surface area contributed by atoms with E-state index in [-0.39, 0.29) is 37.3 Å². The molecule has 2 N–H and O–H groups in total. The summed E-state index contributed by atoms with van der Waals surface area (Å²) in [5.74, 6) is -1.32. The molecule has 0 bridgehead atoms. The van der Waals surface area contributed by atoms with Gasteiger partial charge in [0.15, 0.2) is 18.8 Å². The fraction of sp³-hybridized carbons (Fsp3) is 0.706. The van der Waals surface area contributed by atoms with E-state index in [0.29, 0.717) is 38.9 Å². The van der Waals surface area contributed by atoms with Gasteiger partial charge < -0.3 is 24.4 Å². The second-order valence-electron chi connectivity index (χ2n) is 11.9. The molecule has 1 amide bonds. The van der Waals surface area contributed by atoms with Gasteiger partial charge in [-0.2, -0.15) is 9.79 Å². The quantitative estimate of drug-likeness (QED) is 0.0125. The summed E-state index contributed by atoms with van der Waals surface area (Å²) in [6.45, 7) is 12.8. The van der Waals surface area contributed by atoms with Crippen molar-refractivity contribution in [2.45, 2.75) is 116 Å². The number of aliphatic imine (C=N–C) groups is 2. The van der Waals surface area contributed by atoms with Crippen molar-refractivity contribution in [1.82, 2.24) is 15.9 Å². The lowest BCUT2D eigenvalue weighted by atomic mass is 10.2. The average molecular weight is 708 g/mol. The van der Waals surface area contributed by atoms with Gasteiger partial charge in [-0.15, -0.1) is 4.58 Å². The number of carbonyl (C=O) groups excluding carboxylic acids is 5. The molecule has 1 aliphatic rings. The molecule has 2 unspecified atom stereocenters. The minimum Gasteiger partial charge on any atom is -0.458 e. The van der Waals surface area contributed by atoms with Crippen LogP contribution in [0.5, 0.6) is 0 Å². The average Bonchev–Trinajstić information content (AvgIpc) is 3.33. The van der Waals surface area contributed by atoms with Gasteiger partial charge in [0.1, 0.15) is 19.9 Å². The molecule has 1 aliphatic heterocycles. The third-order valence-corrected chi connectivity index (χ3v) is 7.37. The number of hydrogen-bond donors (Lipinski definition) is 2. The van der Waals surface area contributed by atoms with E-state index in [0.717, 1.165) is 57.8 Å².